The van der Waals surface area contributed by atoms with Crippen LogP contribution in [0.2, 0.25) is 0 Å². The number of thiophene rings is 1. The molecule has 0 atom stereocenters. The number of aryl methyl sites for hydroxylation is 1. The number of nitrogens with zero attached hydrogens (tertiary/aromatic N) is 1. The zero-order valence-corrected chi connectivity index (χ0v) is 33.5. The first-order valence-electron chi connectivity index (χ1n) is 19.7. The van der Waals surface area contributed by atoms with E-state index in [1.54, 1.807) is 0 Å². The SMILES string of the molecule is Cc1cc2c(cc1N1c3c(oc4ccccc34)[B]c3c(-c4cccc5c4Nc4ccccc4C5(C)C)cc4c(sc5ccccc54)c31)C(C)(C)CCC2(C)C. The standard InChI is InChI=1S/C50H44BN2OS/c1-28-25-36-37(49(4,5)24-23-48(36,2)3)27-39(28)53-44-31-16-8-12-21-40(31)54-47(44)51-42-32(26-33-29-15-9-13-22-41(29)55-46(33)45(42)53)30-17-14-19-35-43(30)52-38-20-11-10-18-34(38)50(35,6)7/h8-22,25-27,52H,23-24H2,1-7H3. The third kappa shape index (κ3) is 4.57. The van der Waals surface area contributed by atoms with E-state index in [0.29, 0.717) is 0 Å². The molecular weight excluding hydrogens is 687 g/mol. The van der Waals surface area contributed by atoms with Crippen molar-refractivity contribution in [3.63, 3.8) is 0 Å². The Hall–Kier alpha value is -5.26. The van der Waals surface area contributed by atoms with Gasteiger partial charge in [-0.3, -0.25) is 0 Å². The minimum atomic E-state index is -0.172. The van der Waals surface area contributed by atoms with Gasteiger partial charge >= 0.3 is 0 Å². The summed E-state index contributed by atoms with van der Waals surface area (Å²) in [5.74, 6) is 0. The fourth-order valence-electron chi connectivity index (χ4n) is 10.1. The lowest BCUT2D eigenvalue weighted by Gasteiger charge is -2.43. The second-order valence-electron chi connectivity index (χ2n) is 17.9. The molecule has 1 aliphatic carbocycles. The molecular formula is C50H44BN2OS. The summed E-state index contributed by atoms with van der Waals surface area (Å²) in [5.41, 5.74) is 18.2. The second-order valence-corrected chi connectivity index (χ2v) is 19.0. The minimum Gasteiger partial charge on any atom is -0.469 e. The van der Waals surface area contributed by atoms with E-state index in [9.17, 15) is 0 Å². The van der Waals surface area contributed by atoms with E-state index in [1.807, 2.05) is 11.3 Å². The Morgan fingerprint density at radius 3 is 2.16 bits per heavy atom. The van der Waals surface area contributed by atoms with Gasteiger partial charge < -0.3 is 14.6 Å². The molecule has 6 aromatic carbocycles. The van der Waals surface area contributed by atoms with Crippen LogP contribution in [0.3, 0.4) is 0 Å². The molecule has 3 nitrogen and oxygen atoms in total. The Balaban J connectivity index is 1.27. The summed E-state index contributed by atoms with van der Waals surface area (Å²) in [7, 11) is 2.34. The normalized spacial score (nSPS) is 17.2. The van der Waals surface area contributed by atoms with E-state index in [1.165, 1.54) is 93.7 Å². The Labute approximate surface area is 328 Å². The molecule has 4 heterocycles. The maximum absolute atomic E-state index is 6.87. The van der Waals surface area contributed by atoms with Gasteiger partial charge in [0.15, 0.2) is 0 Å². The lowest BCUT2D eigenvalue weighted by molar-refractivity contribution is 0.332. The molecule has 3 aliphatic rings. The molecule has 0 saturated heterocycles. The first-order valence-corrected chi connectivity index (χ1v) is 20.5. The van der Waals surface area contributed by atoms with Gasteiger partial charge in [0.1, 0.15) is 5.58 Å². The average Bonchev–Trinajstić information content (AvgIpc) is 3.74. The fourth-order valence-corrected chi connectivity index (χ4v) is 11.3. The summed E-state index contributed by atoms with van der Waals surface area (Å²) in [5, 5.41) is 7.66. The molecule has 0 unspecified atom stereocenters. The van der Waals surface area contributed by atoms with Crippen LogP contribution in [-0.2, 0) is 16.2 Å². The van der Waals surface area contributed by atoms with E-state index >= 15 is 0 Å². The van der Waals surface area contributed by atoms with Gasteiger partial charge in [0.25, 0.3) is 0 Å². The van der Waals surface area contributed by atoms with Crippen LogP contribution in [0.1, 0.15) is 82.2 Å². The van der Waals surface area contributed by atoms with E-state index in [-0.39, 0.29) is 16.2 Å². The number of para-hydroxylation sites is 3. The van der Waals surface area contributed by atoms with Crippen LogP contribution < -0.4 is 21.3 Å². The zero-order chi connectivity index (χ0) is 37.6. The first kappa shape index (κ1) is 33.1. The molecule has 2 aliphatic heterocycles. The van der Waals surface area contributed by atoms with Crippen LogP contribution in [0.5, 0.6) is 0 Å². The fraction of sp³-hybridized carbons (Fsp3) is 0.240. The quantitative estimate of drug-likeness (QED) is 0.180. The van der Waals surface area contributed by atoms with Crippen LogP contribution in [0, 0.1) is 6.92 Å². The van der Waals surface area contributed by atoms with Crippen molar-refractivity contribution < 1.29 is 4.42 Å². The van der Waals surface area contributed by atoms with Gasteiger partial charge in [-0.15, -0.1) is 11.3 Å². The number of nitrogens with one attached hydrogen (secondary N) is 1. The highest BCUT2D eigenvalue weighted by atomic mass is 32.1. The van der Waals surface area contributed by atoms with Crippen LogP contribution in [0.4, 0.5) is 28.4 Å². The van der Waals surface area contributed by atoms with Gasteiger partial charge in [-0.05, 0) is 106 Å². The van der Waals surface area contributed by atoms with E-state index in [4.69, 9.17) is 4.42 Å². The monoisotopic (exact) mass is 731 g/mol. The topological polar surface area (TPSA) is 28.4 Å². The van der Waals surface area contributed by atoms with Crippen molar-refractivity contribution in [2.75, 3.05) is 10.2 Å². The molecule has 0 fully saturated rings. The molecule has 1 radical (unpaired) electrons. The number of furan rings is 1. The predicted molar refractivity (Wildman–Crippen MR) is 236 cm³/mol. The Bertz CT molecular complexity index is 2940. The Morgan fingerprint density at radius 1 is 0.655 bits per heavy atom. The average molecular weight is 732 g/mol. The predicted octanol–water partition coefficient (Wildman–Crippen LogP) is 12.9. The molecule has 8 aromatic rings. The van der Waals surface area contributed by atoms with E-state index in [0.717, 1.165) is 28.7 Å². The van der Waals surface area contributed by atoms with Gasteiger partial charge in [0, 0.05) is 43.2 Å². The molecule has 55 heavy (non-hydrogen) atoms. The number of anilines is 5. The van der Waals surface area contributed by atoms with Crippen LogP contribution in [-0.4, -0.2) is 7.28 Å². The van der Waals surface area contributed by atoms with Gasteiger partial charge in [-0.25, -0.2) is 0 Å². The summed E-state index contributed by atoms with van der Waals surface area (Å²) in [6.45, 7) is 16.8. The third-order valence-corrected chi connectivity index (χ3v) is 14.5. The number of fused-ring (bicyclic) bond motifs is 11. The molecule has 11 rings (SSSR count). The molecule has 0 saturated carbocycles. The molecule has 2 aromatic heterocycles. The second kappa shape index (κ2) is 11.2. The van der Waals surface area contributed by atoms with Crippen molar-refractivity contribution in [2.24, 2.45) is 0 Å². The number of hydrogen-bond donors (Lipinski definition) is 1. The van der Waals surface area contributed by atoms with Crippen molar-refractivity contribution in [2.45, 2.75) is 77.6 Å². The van der Waals surface area contributed by atoms with Crippen LogP contribution in [0.25, 0.3) is 42.3 Å². The summed E-state index contributed by atoms with van der Waals surface area (Å²) in [6, 6.07) is 40.7. The summed E-state index contributed by atoms with van der Waals surface area (Å²) >= 11 is 1.91. The molecule has 0 amide bonds. The smallest absolute Gasteiger partial charge is 0.247 e. The Morgan fingerprint density at radius 2 is 1.35 bits per heavy atom. The largest absolute Gasteiger partial charge is 0.469 e. The van der Waals surface area contributed by atoms with Gasteiger partial charge in [-0.1, -0.05) is 114 Å². The van der Waals surface area contributed by atoms with Crippen molar-refractivity contribution in [1.82, 2.24) is 0 Å². The van der Waals surface area contributed by atoms with Gasteiger partial charge in [0.05, 0.1) is 27.4 Å². The van der Waals surface area contributed by atoms with E-state index in [2.05, 4.69) is 175 Å². The summed E-state index contributed by atoms with van der Waals surface area (Å²) < 4.78 is 9.47. The first-order chi connectivity index (χ1) is 26.4. The maximum atomic E-state index is 6.87. The molecule has 269 valence electrons. The summed E-state index contributed by atoms with van der Waals surface area (Å²) in [6.07, 6.45) is 2.35. The molecule has 5 heteroatoms. The van der Waals surface area contributed by atoms with Gasteiger partial charge in [-0.2, -0.15) is 0 Å². The lowest BCUT2D eigenvalue weighted by atomic mass is 9.60. The van der Waals surface area contributed by atoms with E-state index < -0.39 is 0 Å². The Kier molecular flexibility index (Phi) is 6.72. The van der Waals surface area contributed by atoms with Crippen molar-refractivity contribution in [1.29, 1.82) is 0 Å². The number of rotatable bonds is 2. The van der Waals surface area contributed by atoms with Gasteiger partial charge in [0.2, 0.25) is 7.28 Å². The summed E-state index contributed by atoms with van der Waals surface area (Å²) in [4.78, 5) is 2.59. The van der Waals surface area contributed by atoms with Crippen LogP contribution >= 0.6 is 11.3 Å². The highest BCUT2D eigenvalue weighted by molar-refractivity contribution is 7.26. The molecule has 0 spiro atoms. The minimum absolute atomic E-state index is 0.0615. The van der Waals surface area contributed by atoms with Crippen molar-refractivity contribution in [3.8, 4) is 11.1 Å². The van der Waals surface area contributed by atoms with Crippen molar-refractivity contribution in [3.05, 3.63) is 137 Å². The maximum Gasteiger partial charge on any atom is 0.247 e. The lowest BCUT2D eigenvalue weighted by Crippen LogP contribution is -2.40. The number of benzene rings is 6. The number of hydrogen-bond acceptors (Lipinski definition) is 4. The highest BCUT2D eigenvalue weighted by Gasteiger charge is 2.41. The van der Waals surface area contributed by atoms with Crippen LogP contribution in [0.15, 0.2) is 114 Å². The third-order valence-electron chi connectivity index (χ3n) is 13.3. The zero-order valence-electron chi connectivity index (χ0n) is 32.6. The highest BCUT2D eigenvalue weighted by Crippen LogP contribution is 2.54. The molecule has 1 N–H and O–H groups in total. The van der Waals surface area contributed by atoms with Crippen molar-refractivity contribution >= 4 is 89.3 Å². The molecule has 0 bridgehead atoms.